The van der Waals surface area contributed by atoms with Crippen molar-refractivity contribution in [2.45, 2.75) is 0 Å². The van der Waals surface area contributed by atoms with Gasteiger partial charge >= 0.3 is 0 Å². The van der Waals surface area contributed by atoms with Crippen LogP contribution in [0.2, 0.25) is 0 Å². The molecule has 1 N–H and O–H groups in total. The summed E-state index contributed by atoms with van der Waals surface area (Å²) in [5, 5.41) is 12.9. The molecule has 0 unspecified atom stereocenters. The highest BCUT2D eigenvalue weighted by Gasteiger charge is 2.10. The van der Waals surface area contributed by atoms with E-state index in [0.717, 1.165) is 30.6 Å². The number of terminal acetylenes is 1. The summed E-state index contributed by atoms with van der Waals surface area (Å²) < 4.78 is 0. The monoisotopic (exact) mass is 309 g/mol. The summed E-state index contributed by atoms with van der Waals surface area (Å²) in [4.78, 5) is 10.8. The average Bonchev–Trinajstić information content (AvgIpc) is 2.45. The van der Waals surface area contributed by atoms with Gasteiger partial charge < -0.3 is 10.0 Å². The number of aliphatic imine (C=N–C) groups is 1. The van der Waals surface area contributed by atoms with E-state index in [1.807, 2.05) is 11.8 Å². The van der Waals surface area contributed by atoms with Crippen molar-refractivity contribution in [1.82, 2.24) is 9.88 Å². The Balaban J connectivity index is 2.65. The van der Waals surface area contributed by atoms with Gasteiger partial charge in [-0.1, -0.05) is 0 Å². The van der Waals surface area contributed by atoms with E-state index in [4.69, 9.17) is 6.42 Å². The van der Waals surface area contributed by atoms with Crippen molar-refractivity contribution in [2.24, 2.45) is 4.99 Å². The van der Waals surface area contributed by atoms with Gasteiger partial charge in [-0.25, -0.2) is 0 Å². The van der Waals surface area contributed by atoms with Crippen molar-refractivity contribution in [3.05, 3.63) is 24.0 Å². The molecule has 1 heterocycles. The second-order valence-corrected chi connectivity index (χ2v) is 5.89. The molecular weight excluding hydrogens is 290 g/mol. The summed E-state index contributed by atoms with van der Waals surface area (Å²) >= 11 is 2.97. The van der Waals surface area contributed by atoms with E-state index in [9.17, 15) is 5.11 Å². The third-order valence-electron chi connectivity index (χ3n) is 2.56. The number of rotatable bonds is 7. The zero-order valence-electron chi connectivity index (χ0n) is 11.7. The highest BCUT2D eigenvalue weighted by atomic mass is 32.2. The highest BCUT2D eigenvalue weighted by Crippen LogP contribution is 2.19. The quantitative estimate of drug-likeness (QED) is 0.475. The molecule has 0 atom stereocenters. The number of thioether (sulfide) groups is 2. The van der Waals surface area contributed by atoms with Gasteiger partial charge in [-0.15, -0.1) is 6.42 Å². The first kappa shape index (κ1) is 16.9. The Hall–Kier alpha value is -1.16. The van der Waals surface area contributed by atoms with Gasteiger partial charge in [0.05, 0.1) is 6.54 Å². The molecule has 4 nitrogen and oxygen atoms in total. The van der Waals surface area contributed by atoms with Gasteiger partial charge in [0.2, 0.25) is 0 Å². The Kier molecular flexibility index (Phi) is 8.19. The molecule has 6 heteroatoms. The molecule has 0 radical (unpaired) electrons. The van der Waals surface area contributed by atoms with E-state index >= 15 is 0 Å². The molecule has 0 saturated carbocycles. The van der Waals surface area contributed by atoms with Crippen molar-refractivity contribution in [3.8, 4) is 17.4 Å². The summed E-state index contributed by atoms with van der Waals surface area (Å²) in [6.45, 7) is 2.51. The first-order chi connectivity index (χ1) is 9.69. The predicted octanol–water partition coefficient (Wildman–Crippen LogP) is 2.15. The van der Waals surface area contributed by atoms with Crippen molar-refractivity contribution < 1.29 is 5.11 Å². The summed E-state index contributed by atoms with van der Waals surface area (Å²) in [6.07, 6.45) is 9.04. The molecular formula is C14H19N3OS2. The number of nitrogens with zero attached hydrogens (tertiary/aromatic N) is 3. The maximum Gasteiger partial charge on any atom is 0.144 e. The zero-order valence-corrected chi connectivity index (χ0v) is 13.4. The maximum absolute atomic E-state index is 9.79. The highest BCUT2D eigenvalue weighted by molar-refractivity contribution is 8.18. The van der Waals surface area contributed by atoms with Gasteiger partial charge in [0.15, 0.2) is 0 Å². The number of hydrogen-bond donors (Lipinski definition) is 1. The van der Waals surface area contributed by atoms with E-state index in [-0.39, 0.29) is 5.75 Å². The first-order valence-electron chi connectivity index (χ1n) is 6.17. The van der Waals surface area contributed by atoms with E-state index < -0.39 is 0 Å². The Morgan fingerprint density at radius 3 is 3.00 bits per heavy atom. The minimum Gasteiger partial charge on any atom is -0.506 e. The molecule has 1 aromatic heterocycles. The molecule has 0 aromatic carbocycles. The lowest BCUT2D eigenvalue weighted by Crippen LogP contribution is -2.24. The van der Waals surface area contributed by atoms with Crippen LogP contribution in [0, 0.1) is 11.7 Å². The van der Waals surface area contributed by atoms with Gasteiger partial charge in [0, 0.05) is 25.0 Å². The molecule has 0 bridgehead atoms. The van der Waals surface area contributed by atoms with E-state index in [0.29, 0.717) is 17.3 Å². The molecule has 108 valence electrons. The lowest BCUT2D eigenvalue weighted by Gasteiger charge is -2.14. The maximum atomic E-state index is 9.79. The predicted molar refractivity (Wildman–Crippen MR) is 89.6 cm³/mol. The van der Waals surface area contributed by atoms with Crippen LogP contribution in [0.15, 0.2) is 23.3 Å². The SMILES string of the molecule is C#CS/C(=N\CCN(C)CCSC)c1ncccc1O. The fourth-order valence-corrected chi connectivity index (χ4v) is 2.47. The van der Waals surface area contributed by atoms with Crippen molar-refractivity contribution in [1.29, 1.82) is 0 Å². The minimum atomic E-state index is 0.102. The third kappa shape index (κ3) is 5.87. The summed E-state index contributed by atoms with van der Waals surface area (Å²) in [5.74, 6) is 1.21. The van der Waals surface area contributed by atoms with Crippen LogP contribution in [-0.4, -0.2) is 58.7 Å². The van der Waals surface area contributed by atoms with Crippen LogP contribution in [0.4, 0.5) is 0 Å². The van der Waals surface area contributed by atoms with Crippen LogP contribution < -0.4 is 0 Å². The summed E-state index contributed by atoms with van der Waals surface area (Å²) in [7, 11) is 2.07. The fourth-order valence-electron chi connectivity index (χ4n) is 1.45. The molecule has 0 amide bonds. The lowest BCUT2D eigenvalue weighted by molar-refractivity contribution is 0.366. The second-order valence-electron chi connectivity index (χ2n) is 4.07. The van der Waals surface area contributed by atoms with Gasteiger partial charge in [0.1, 0.15) is 16.5 Å². The Bertz CT molecular complexity index is 486. The van der Waals surface area contributed by atoms with Crippen LogP contribution in [0.5, 0.6) is 5.75 Å². The summed E-state index contributed by atoms with van der Waals surface area (Å²) in [5.41, 5.74) is 0.446. The van der Waals surface area contributed by atoms with E-state index in [1.165, 1.54) is 0 Å². The molecule has 0 fully saturated rings. The van der Waals surface area contributed by atoms with Crippen LogP contribution in [0.1, 0.15) is 5.69 Å². The molecule has 0 aliphatic carbocycles. The normalized spacial score (nSPS) is 11.6. The number of aromatic nitrogens is 1. The fraction of sp³-hybridized carbons (Fsp3) is 0.429. The number of likely N-dealkylation sites (N-methyl/N-ethyl adjacent to an activating group) is 1. The molecule has 0 aliphatic rings. The van der Waals surface area contributed by atoms with Crippen LogP contribution in [-0.2, 0) is 0 Å². The van der Waals surface area contributed by atoms with Crippen molar-refractivity contribution in [2.75, 3.05) is 38.7 Å². The molecule has 1 rings (SSSR count). The minimum absolute atomic E-state index is 0.102. The third-order valence-corrected chi connectivity index (χ3v) is 3.78. The standard InChI is InChI=1S/C14H19N3OS2/c1-4-20-14(13-12(18)6-5-7-15-13)16-8-9-17(2)10-11-19-3/h1,5-7,18H,8-11H2,2-3H3/b16-14-. The molecule has 0 spiro atoms. The van der Waals surface area contributed by atoms with Gasteiger partial charge in [0.25, 0.3) is 0 Å². The summed E-state index contributed by atoms with van der Waals surface area (Å²) in [6, 6.07) is 3.26. The Morgan fingerprint density at radius 1 is 1.55 bits per heavy atom. The van der Waals surface area contributed by atoms with Crippen LogP contribution in [0.25, 0.3) is 0 Å². The molecule has 1 aromatic rings. The molecule has 0 aliphatic heterocycles. The van der Waals surface area contributed by atoms with Gasteiger partial charge in [-0.05, 0) is 42.5 Å². The lowest BCUT2D eigenvalue weighted by atomic mass is 10.3. The Morgan fingerprint density at radius 2 is 2.35 bits per heavy atom. The van der Waals surface area contributed by atoms with Crippen molar-refractivity contribution >= 4 is 28.6 Å². The number of pyridine rings is 1. The molecule has 20 heavy (non-hydrogen) atoms. The first-order valence-corrected chi connectivity index (χ1v) is 8.38. The molecule has 0 saturated heterocycles. The van der Waals surface area contributed by atoms with Crippen LogP contribution >= 0.6 is 23.5 Å². The van der Waals surface area contributed by atoms with Gasteiger partial charge in [-0.2, -0.15) is 11.8 Å². The van der Waals surface area contributed by atoms with E-state index in [2.05, 4.69) is 33.4 Å². The smallest absolute Gasteiger partial charge is 0.144 e. The largest absolute Gasteiger partial charge is 0.506 e. The second kappa shape index (κ2) is 9.70. The number of hydrogen-bond acceptors (Lipinski definition) is 6. The number of aromatic hydroxyl groups is 1. The topological polar surface area (TPSA) is 48.7 Å². The average molecular weight is 309 g/mol. The van der Waals surface area contributed by atoms with E-state index in [1.54, 1.807) is 18.3 Å². The van der Waals surface area contributed by atoms with Crippen LogP contribution in [0.3, 0.4) is 0 Å². The van der Waals surface area contributed by atoms with Gasteiger partial charge in [-0.3, -0.25) is 9.98 Å². The zero-order chi connectivity index (χ0) is 14.8. The Labute approximate surface area is 129 Å². The van der Waals surface area contributed by atoms with Crippen molar-refractivity contribution in [3.63, 3.8) is 0 Å².